The van der Waals surface area contributed by atoms with E-state index in [1.807, 2.05) is 0 Å². The lowest BCUT2D eigenvalue weighted by Crippen LogP contribution is -2.42. The minimum Gasteiger partial charge on any atom is -0.381 e. The summed E-state index contributed by atoms with van der Waals surface area (Å²) in [6.45, 7) is 0.0769. The molecule has 0 saturated heterocycles. The van der Waals surface area contributed by atoms with Gasteiger partial charge in [-0.25, -0.2) is 0 Å². The zero-order chi connectivity index (χ0) is 10.4. The number of nitrogens with two attached hydrogens (primary N) is 1. The first-order valence-electron chi connectivity index (χ1n) is 3.82. The summed E-state index contributed by atoms with van der Waals surface area (Å²) >= 11 is 0. The van der Waals surface area contributed by atoms with E-state index in [4.69, 9.17) is 10.8 Å². The molecule has 6 heteroatoms. The largest absolute Gasteiger partial charge is 0.381 e. The molecule has 0 aromatic carbocycles. The number of aliphatic hydroxyl groups is 1. The maximum Gasteiger partial charge on any atom is 0.248 e. The lowest BCUT2D eigenvalue weighted by atomic mass is 10.3. The zero-order valence-electron chi connectivity index (χ0n) is 7.78. The number of carbonyl (C=O) groups is 2. The van der Waals surface area contributed by atoms with Crippen LogP contribution in [0.1, 0.15) is 0 Å². The molecule has 0 radical (unpaired) electrons. The summed E-state index contributed by atoms with van der Waals surface area (Å²) in [6.07, 6.45) is -1.31. The molecular weight excluding hydrogens is 174 g/mol. The highest BCUT2D eigenvalue weighted by Gasteiger charge is 2.11. The minimum atomic E-state index is -1.31. The number of nitrogens with zero attached hydrogens (tertiary/aromatic N) is 1. The van der Waals surface area contributed by atoms with Gasteiger partial charge < -0.3 is 21.1 Å². The number of nitrogens with one attached hydrogen (secondary N) is 1. The molecule has 0 aliphatic carbocycles. The van der Waals surface area contributed by atoms with Crippen molar-refractivity contribution in [3.05, 3.63) is 0 Å². The Hall–Kier alpha value is -1.14. The monoisotopic (exact) mass is 189 g/mol. The van der Waals surface area contributed by atoms with Gasteiger partial charge in [-0.05, 0) is 14.1 Å². The summed E-state index contributed by atoms with van der Waals surface area (Å²) in [4.78, 5) is 23.0. The van der Waals surface area contributed by atoms with Crippen LogP contribution >= 0.6 is 0 Å². The van der Waals surface area contributed by atoms with Crippen LogP contribution in [-0.4, -0.2) is 55.1 Å². The van der Waals surface area contributed by atoms with Crippen molar-refractivity contribution in [3.8, 4) is 0 Å². The number of carbonyl (C=O) groups excluding carboxylic acids is 2. The molecule has 0 aliphatic rings. The minimum absolute atomic E-state index is 0.137. The van der Waals surface area contributed by atoms with Crippen molar-refractivity contribution >= 4 is 11.8 Å². The quantitative estimate of drug-likeness (QED) is 0.446. The second kappa shape index (κ2) is 5.50. The Morgan fingerprint density at radius 1 is 1.54 bits per heavy atom. The smallest absolute Gasteiger partial charge is 0.248 e. The standard InChI is InChI=1S/C7H15N3O3/c1-10(2)4-6(12)9-3-5(11)7(8)13/h5,11H,3-4H2,1-2H3,(H2,8,13)(H,9,12). The fourth-order valence-electron chi connectivity index (χ4n) is 0.654. The molecule has 0 heterocycles. The van der Waals surface area contributed by atoms with Crippen LogP contribution in [0.15, 0.2) is 0 Å². The molecule has 0 rings (SSSR count). The van der Waals surface area contributed by atoms with Crippen molar-refractivity contribution in [2.45, 2.75) is 6.10 Å². The van der Waals surface area contributed by atoms with E-state index in [-0.39, 0.29) is 19.0 Å². The van der Waals surface area contributed by atoms with Crippen molar-refractivity contribution in [2.75, 3.05) is 27.2 Å². The first-order valence-corrected chi connectivity index (χ1v) is 3.82. The maximum absolute atomic E-state index is 11.0. The topological polar surface area (TPSA) is 95.7 Å². The van der Waals surface area contributed by atoms with Gasteiger partial charge in [0.25, 0.3) is 0 Å². The first-order chi connectivity index (χ1) is 5.93. The van der Waals surface area contributed by atoms with Crippen molar-refractivity contribution in [1.82, 2.24) is 10.2 Å². The third-order valence-corrected chi connectivity index (χ3v) is 1.28. The highest BCUT2D eigenvalue weighted by Crippen LogP contribution is 1.79. The average molecular weight is 189 g/mol. The van der Waals surface area contributed by atoms with Gasteiger partial charge >= 0.3 is 0 Å². The summed E-state index contributed by atoms with van der Waals surface area (Å²) in [5.41, 5.74) is 4.77. The SMILES string of the molecule is CN(C)CC(=O)NCC(O)C(N)=O. The van der Waals surface area contributed by atoms with Crippen LogP contribution in [0.4, 0.5) is 0 Å². The van der Waals surface area contributed by atoms with Crippen LogP contribution in [0.3, 0.4) is 0 Å². The fraction of sp³-hybridized carbons (Fsp3) is 0.714. The normalized spacial score (nSPS) is 12.6. The van der Waals surface area contributed by atoms with Gasteiger partial charge in [-0.2, -0.15) is 0 Å². The van der Waals surface area contributed by atoms with E-state index in [2.05, 4.69) is 5.32 Å². The van der Waals surface area contributed by atoms with Crippen LogP contribution in [0.5, 0.6) is 0 Å². The molecule has 0 saturated carbocycles. The third kappa shape index (κ3) is 6.06. The Balaban J connectivity index is 3.64. The zero-order valence-corrected chi connectivity index (χ0v) is 7.78. The molecule has 76 valence electrons. The predicted octanol–water partition coefficient (Wildman–Crippen LogP) is -2.49. The Morgan fingerprint density at radius 3 is 2.46 bits per heavy atom. The van der Waals surface area contributed by atoms with Crippen molar-refractivity contribution < 1.29 is 14.7 Å². The Labute approximate surface area is 76.7 Å². The highest BCUT2D eigenvalue weighted by molar-refractivity contribution is 5.81. The highest BCUT2D eigenvalue weighted by atomic mass is 16.3. The molecular formula is C7H15N3O3. The second-order valence-corrected chi connectivity index (χ2v) is 2.96. The molecule has 2 amide bonds. The van der Waals surface area contributed by atoms with E-state index in [1.165, 1.54) is 0 Å². The lowest BCUT2D eigenvalue weighted by molar-refractivity contribution is -0.127. The molecule has 0 aromatic heterocycles. The van der Waals surface area contributed by atoms with E-state index in [1.54, 1.807) is 19.0 Å². The van der Waals surface area contributed by atoms with Crippen molar-refractivity contribution in [2.24, 2.45) is 5.73 Å². The van der Waals surface area contributed by atoms with Gasteiger partial charge in [0.05, 0.1) is 13.1 Å². The average Bonchev–Trinajstić information content (AvgIpc) is 1.98. The van der Waals surface area contributed by atoms with Crippen LogP contribution < -0.4 is 11.1 Å². The first kappa shape index (κ1) is 11.9. The van der Waals surface area contributed by atoms with Gasteiger partial charge in [-0.3, -0.25) is 9.59 Å². The summed E-state index contributed by atoms with van der Waals surface area (Å²) < 4.78 is 0. The molecule has 1 unspecified atom stereocenters. The molecule has 1 atom stereocenters. The molecule has 6 nitrogen and oxygen atoms in total. The summed E-state index contributed by atoms with van der Waals surface area (Å²) in [5, 5.41) is 11.3. The molecule has 0 spiro atoms. The van der Waals surface area contributed by atoms with Gasteiger partial charge in [0, 0.05) is 0 Å². The van der Waals surface area contributed by atoms with E-state index < -0.39 is 12.0 Å². The number of hydrogen-bond donors (Lipinski definition) is 3. The van der Waals surface area contributed by atoms with Gasteiger partial charge in [0.2, 0.25) is 11.8 Å². The number of amides is 2. The number of rotatable bonds is 5. The van der Waals surface area contributed by atoms with E-state index >= 15 is 0 Å². The number of hydrogen-bond acceptors (Lipinski definition) is 4. The maximum atomic E-state index is 11.0. The van der Waals surface area contributed by atoms with Crippen LogP contribution in [0.25, 0.3) is 0 Å². The molecule has 0 aliphatic heterocycles. The summed E-state index contributed by atoms with van der Waals surface area (Å²) in [5.74, 6) is -1.10. The fourth-order valence-corrected chi connectivity index (χ4v) is 0.654. The van der Waals surface area contributed by atoms with E-state index in [9.17, 15) is 9.59 Å². The van der Waals surface area contributed by atoms with Crippen molar-refractivity contribution in [3.63, 3.8) is 0 Å². The third-order valence-electron chi connectivity index (χ3n) is 1.28. The number of primary amides is 1. The van der Waals surface area contributed by atoms with Gasteiger partial charge in [0.1, 0.15) is 6.10 Å². The number of likely N-dealkylation sites (N-methyl/N-ethyl adjacent to an activating group) is 1. The predicted molar refractivity (Wildman–Crippen MR) is 46.8 cm³/mol. The summed E-state index contributed by atoms with van der Waals surface area (Å²) in [7, 11) is 3.48. The molecule has 0 aromatic rings. The van der Waals surface area contributed by atoms with Crippen LogP contribution in [-0.2, 0) is 9.59 Å². The lowest BCUT2D eigenvalue weighted by Gasteiger charge is -2.11. The summed E-state index contributed by atoms with van der Waals surface area (Å²) in [6, 6.07) is 0. The van der Waals surface area contributed by atoms with E-state index in [0.717, 1.165) is 0 Å². The Morgan fingerprint density at radius 2 is 2.08 bits per heavy atom. The molecule has 4 N–H and O–H groups in total. The molecule has 0 fully saturated rings. The van der Waals surface area contributed by atoms with Crippen molar-refractivity contribution in [1.29, 1.82) is 0 Å². The molecule has 0 bridgehead atoms. The van der Waals surface area contributed by atoms with Gasteiger partial charge in [-0.15, -0.1) is 0 Å². The van der Waals surface area contributed by atoms with Gasteiger partial charge in [-0.1, -0.05) is 0 Å². The van der Waals surface area contributed by atoms with Gasteiger partial charge in [0.15, 0.2) is 0 Å². The molecule has 13 heavy (non-hydrogen) atoms. The second-order valence-electron chi connectivity index (χ2n) is 2.96. The Kier molecular flexibility index (Phi) is 5.01. The van der Waals surface area contributed by atoms with Crippen LogP contribution in [0, 0.1) is 0 Å². The Bertz CT molecular complexity index is 193. The van der Waals surface area contributed by atoms with Crippen LogP contribution in [0.2, 0.25) is 0 Å². The van der Waals surface area contributed by atoms with E-state index in [0.29, 0.717) is 0 Å². The number of aliphatic hydroxyl groups excluding tert-OH is 1.